The third-order valence-corrected chi connectivity index (χ3v) is 2.01. The van der Waals surface area contributed by atoms with Crippen molar-refractivity contribution in [1.82, 2.24) is 9.97 Å². The highest BCUT2D eigenvalue weighted by atomic mass is 35.5. The van der Waals surface area contributed by atoms with Crippen LogP contribution in [0.2, 0.25) is 5.28 Å². The molecule has 0 saturated heterocycles. The molecule has 0 aliphatic rings. The predicted molar refractivity (Wildman–Crippen MR) is 61.9 cm³/mol. The zero-order valence-corrected chi connectivity index (χ0v) is 10.2. The van der Waals surface area contributed by atoms with Gasteiger partial charge in [0.05, 0.1) is 18.5 Å². The highest BCUT2D eigenvalue weighted by Crippen LogP contribution is 2.15. The Morgan fingerprint density at radius 1 is 1.47 bits per heavy atom. The Morgan fingerprint density at radius 3 is 2.76 bits per heavy atom. The van der Waals surface area contributed by atoms with Gasteiger partial charge >= 0.3 is 5.97 Å². The molecule has 6 nitrogen and oxygen atoms in total. The number of anilines is 1. The number of ether oxygens (including phenoxy) is 1. The summed E-state index contributed by atoms with van der Waals surface area (Å²) in [4.78, 5) is 30.3. The van der Waals surface area contributed by atoms with Crippen molar-refractivity contribution in [3.8, 4) is 0 Å². The smallest absolute Gasteiger partial charge is 0.359 e. The quantitative estimate of drug-likeness (QED) is 0.655. The summed E-state index contributed by atoms with van der Waals surface area (Å²) >= 11 is 5.59. The molecule has 1 heterocycles. The van der Waals surface area contributed by atoms with Crippen molar-refractivity contribution in [2.24, 2.45) is 0 Å². The number of hydrogen-bond donors (Lipinski definition) is 1. The summed E-state index contributed by atoms with van der Waals surface area (Å²) in [6, 6.07) is 0. The van der Waals surface area contributed by atoms with Crippen LogP contribution < -0.4 is 5.32 Å². The first-order valence-corrected chi connectivity index (χ1v) is 5.45. The van der Waals surface area contributed by atoms with E-state index in [1.807, 2.05) is 0 Å². The van der Waals surface area contributed by atoms with Crippen molar-refractivity contribution in [2.45, 2.75) is 20.3 Å². The van der Waals surface area contributed by atoms with Gasteiger partial charge in [-0.3, -0.25) is 4.79 Å². The van der Waals surface area contributed by atoms with Crippen LogP contribution in [-0.2, 0) is 9.53 Å². The Morgan fingerprint density at radius 2 is 2.18 bits per heavy atom. The molecule has 17 heavy (non-hydrogen) atoms. The molecule has 0 unspecified atom stereocenters. The molecule has 0 spiro atoms. The SMILES string of the molecule is CCOC(=O)c1nc(Cl)ncc1NC(=O)CC. The number of amides is 1. The standard InChI is InChI=1S/C10H12ClN3O3/c1-3-7(15)13-6-5-12-10(11)14-8(6)9(16)17-4-2/h5H,3-4H2,1-2H3,(H,13,15). The van der Waals surface area contributed by atoms with E-state index in [1.165, 1.54) is 6.20 Å². The summed E-state index contributed by atoms with van der Waals surface area (Å²) in [7, 11) is 0. The van der Waals surface area contributed by atoms with E-state index in [9.17, 15) is 9.59 Å². The van der Waals surface area contributed by atoms with E-state index in [2.05, 4.69) is 15.3 Å². The molecular weight excluding hydrogens is 246 g/mol. The summed E-state index contributed by atoms with van der Waals surface area (Å²) in [5.74, 6) is -0.898. The summed E-state index contributed by atoms with van der Waals surface area (Å²) in [5.41, 5.74) is 0.147. The van der Waals surface area contributed by atoms with Gasteiger partial charge in [-0.1, -0.05) is 6.92 Å². The Balaban J connectivity index is 3.03. The highest BCUT2D eigenvalue weighted by molar-refractivity contribution is 6.28. The zero-order chi connectivity index (χ0) is 12.8. The molecule has 92 valence electrons. The summed E-state index contributed by atoms with van der Waals surface area (Å²) in [6.07, 6.45) is 1.56. The Hall–Kier alpha value is -1.69. The minimum absolute atomic E-state index is 0.0475. The molecule has 0 aromatic carbocycles. The fourth-order valence-electron chi connectivity index (χ4n) is 1.05. The van der Waals surface area contributed by atoms with Crippen molar-refractivity contribution in [3.63, 3.8) is 0 Å². The van der Waals surface area contributed by atoms with Crippen LogP contribution in [0.3, 0.4) is 0 Å². The number of aromatic nitrogens is 2. The van der Waals surface area contributed by atoms with E-state index in [4.69, 9.17) is 16.3 Å². The first kappa shape index (κ1) is 13.4. The first-order valence-electron chi connectivity index (χ1n) is 5.08. The van der Waals surface area contributed by atoms with Crippen molar-refractivity contribution < 1.29 is 14.3 Å². The monoisotopic (exact) mass is 257 g/mol. The Kier molecular flexibility index (Phi) is 4.84. The largest absolute Gasteiger partial charge is 0.461 e. The molecule has 1 aromatic heterocycles. The number of esters is 1. The van der Waals surface area contributed by atoms with E-state index in [1.54, 1.807) is 13.8 Å². The maximum atomic E-state index is 11.6. The maximum Gasteiger partial charge on any atom is 0.359 e. The average Bonchev–Trinajstić information content (AvgIpc) is 2.31. The average molecular weight is 258 g/mol. The van der Waals surface area contributed by atoms with E-state index in [0.717, 1.165) is 0 Å². The Bertz CT molecular complexity index is 437. The van der Waals surface area contributed by atoms with Crippen LogP contribution in [0.5, 0.6) is 0 Å². The van der Waals surface area contributed by atoms with Crippen LogP contribution in [-0.4, -0.2) is 28.5 Å². The number of hydrogen-bond acceptors (Lipinski definition) is 5. The number of carbonyl (C=O) groups excluding carboxylic acids is 2. The van der Waals surface area contributed by atoms with Gasteiger partial charge in [0.15, 0.2) is 5.69 Å². The fraction of sp³-hybridized carbons (Fsp3) is 0.400. The number of carbonyl (C=O) groups is 2. The van der Waals surface area contributed by atoms with Gasteiger partial charge in [0.25, 0.3) is 0 Å². The van der Waals surface area contributed by atoms with Gasteiger partial charge in [-0.25, -0.2) is 14.8 Å². The number of nitrogens with one attached hydrogen (secondary N) is 1. The highest BCUT2D eigenvalue weighted by Gasteiger charge is 2.17. The normalized spacial score (nSPS) is 9.82. The molecule has 0 radical (unpaired) electrons. The maximum absolute atomic E-state index is 11.6. The Labute approximate surface area is 103 Å². The third-order valence-electron chi connectivity index (χ3n) is 1.82. The van der Waals surface area contributed by atoms with Crippen LogP contribution in [0, 0.1) is 0 Å². The van der Waals surface area contributed by atoms with E-state index < -0.39 is 5.97 Å². The van der Waals surface area contributed by atoms with Gasteiger partial charge in [-0.05, 0) is 18.5 Å². The molecule has 1 rings (SSSR count). The molecule has 0 aliphatic heterocycles. The number of rotatable bonds is 4. The molecule has 0 bridgehead atoms. The molecule has 7 heteroatoms. The lowest BCUT2D eigenvalue weighted by molar-refractivity contribution is -0.115. The second-order valence-electron chi connectivity index (χ2n) is 3.02. The van der Waals surface area contributed by atoms with Gasteiger partial charge in [0.2, 0.25) is 11.2 Å². The van der Waals surface area contributed by atoms with Crippen LogP contribution >= 0.6 is 11.6 Å². The molecule has 1 N–H and O–H groups in total. The van der Waals surface area contributed by atoms with E-state index in [-0.39, 0.29) is 35.6 Å². The molecule has 0 fully saturated rings. The molecular formula is C10H12ClN3O3. The van der Waals surface area contributed by atoms with Crippen molar-refractivity contribution >= 4 is 29.2 Å². The summed E-state index contributed by atoms with van der Waals surface area (Å²) < 4.78 is 4.80. The molecule has 0 aliphatic carbocycles. The molecule has 1 amide bonds. The number of halogens is 1. The van der Waals surface area contributed by atoms with Gasteiger partial charge in [-0.15, -0.1) is 0 Å². The lowest BCUT2D eigenvalue weighted by Gasteiger charge is -2.08. The van der Waals surface area contributed by atoms with Crippen LogP contribution in [0.1, 0.15) is 30.8 Å². The van der Waals surface area contributed by atoms with Gasteiger partial charge < -0.3 is 10.1 Å². The van der Waals surface area contributed by atoms with E-state index in [0.29, 0.717) is 0 Å². The van der Waals surface area contributed by atoms with Crippen molar-refractivity contribution in [3.05, 3.63) is 17.2 Å². The van der Waals surface area contributed by atoms with E-state index >= 15 is 0 Å². The van der Waals surface area contributed by atoms with Gasteiger partial charge in [0, 0.05) is 6.42 Å². The minimum atomic E-state index is -0.650. The van der Waals surface area contributed by atoms with Crippen LogP contribution in [0.15, 0.2) is 6.20 Å². The molecule has 0 atom stereocenters. The second-order valence-corrected chi connectivity index (χ2v) is 3.36. The third kappa shape index (κ3) is 3.67. The first-order chi connectivity index (χ1) is 8.08. The second kappa shape index (κ2) is 6.15. The zero-order valence-electron chi connectivity index (χ0n) is 9.49. The van der Waals surface area contributed by atoms with Crippen LogP contribution in [0.4, 0.5) is 5.69 Å². The van der Waals surface area contributed by atoms with Crippen molar-refractivity contribution in [1.29, 1.82) is 0 Å². The lowest BCUT2D eigenvalue weighted by Crippen LogP contribution is -2.16. The molecule has 1 aromatic rings. The summed E-state index contributed by atoms with van der Waals surface area (Å²) in [6.45, 7) is 3.57. The minimum Gasteiger partial charge on any atom is -0.461 e. The van der Waals surface area contributed by atoms with Crippen molar-refractivity contribution in [2.75, 3.05) is 11.9 Å². The topological polar surface area (TPSA) is 81.2 Å². The fourth-order valence-corrected chi connectivity index (χ4v) is 1.18. The molecule has 0 saturated carbocycles. The van der Waals surface area contributed by atoms with Gasteiger partial charge in [0.1, 0.15) is 0 Å². The number of nitrogens with zero attached hydrogens (tertiary/aromatic N) is 2. The predicted octanol–water partition coefficient (Wildman–Crippen LogP) is 1.66. The van der Waals surface area contributed by atoms with Gasteiger partial charge in [-0.2, -0.15) is 0 Å². The lowest BCUT2D eigenvalue weighted by atomic mass is 10.3. The summed E-state index contributed by atoms with van der Waals surface area (Å²) in [5, 5.41) is 2.42. The van der Waals surface area contributed by atoms with Crippen LogP contribution in [0.25, 0.3) is 0 Å².